The molecule has 0 bridgehead atoms. The molecule has 0 spiro atoms. The Bertz CT molecular complexity index is 281. The molecule has 0 heterocycles. The smallest absolute Gasteiger partial charge is 0.508 e. The molecular formula is C9H12O3P+. The molecule has 1 atom stereocenters. The van der Waals surface area contributed by atoms with E-state index in [-0.39, 0.29) is 5.75 Å². The van der Waals surface area contributed by atoms with Crippen LogP contribution in [-0.2, 0) is 15.3 Å². The topological polar surface area (TPSA) is 46.5 Å². The standard InChI is InChI=1S/C9H11O3P/c1-2-12-13(11)7-8-3-5-9(10)6-4-8/h3-6H,2,7H2,1H3/p+1. The van der Waals surface area contributed by atoms with Gasteiger partial charge in [-0.2, -0.15) is 0 Å². The Morgan fingerprint density at radius 1 is 1.38 bits per heavy atom. The molecular weight excluding hydrogens is 187 g/mol. The normalized spacial score (nSPS) is 11.3. The lowest BCUT2D eigenvalue weighted by Gasteiger charge is -1.92. The van der Waals surface area contributed by atoms with E-state index in [1.165, 1.54) is 0 Å². The fourth-order valence-electron chi connectivity index (χ4n) is 0.940. The predicted octanol–water partition coefficient (Wildman–Crippen LogP) is 2.67. The molecule has 1 unspecified atom stereocenters. The van der Waals surface area contributed by atoms with Gasteiger partial charge in [0.1, 0.15) is 5.75 Å². The Hall–Kier alpha value is -0.920. The van der Waals surface area contributed by atoms with Crippen LogP contribution in [0.5, 0.6) is 5.75 Å². The Morgan fingerprint density at radius 2 is 2.00 bits per heavy atom. The molecule has 0 aliphatic heterocycles. The van der Waals surface area contributed by atoms with Crippen LogP contribution in [0.2, 0.25) is 0 Å². The number of phenols is 1. The average molecular weight is 199 g/mol. The van der Waals surface area contributed by atoms with Crippen LogP contribution in [0.4, 0.5) is 0 Å². The SMILES string of the molecule is CCO[P+](=O)Cc1ccc(O)cc1. The van der Waals surface area contributed by atoms with Crippen LogP contribution in [0.1, 0.15) is 12.5 Å². The molecule has 3 nitrogen and oxygen atoms in total. The molecule has 0 radical (unpaired) electrons. The number of hydrogen-bond donors (Lipinski definition) is 1. The summed E-state index contributed by atoms with van der Waals surface area (Å²) >= 11 is 0. The van der Waals surface area contributed by atoms with Crippen molar-refractivity contribution in [1.29, 1.82) is 0 Å². The Balaban J connectivity index is 2.54. The summed E-state index contributed by atoms with van der Waals surface area (Å²) < 4.78 is 16.1. The van der Waals surface area contributed by atoms with Crippen LogP contribution >= 0.6 is 8.03 Å². The molecule has 0 fully saturated rings. The lowest BCUT2D eigenvalue weighted by Crippen LogP contribution is -1.83. The van der Waals surface area contributed by atoms with E-state index in [1.807, 2.05) is 6.92 Å². The fraction of sp³-hybridized carbons (Fsp3) is 0.333. The van der Waals surface area contributed by atoms with E-state index < -0.39 is 8.03 Å². The van der Waals surface area contributed by atoms with E-state index in [2.05, 4.69) is 0 Å². The zero-order valence-electron chi connectivity index (χ0n) is 7.43. The van der Waals surface area contributed by atoms with Crippen LogP contribution in [0.3, 0.4) is 0 Å². The van der Waals surface area contributed by atoms with Gasteiger partial charge in [0.2, 0.25) is 6.16 Å². The number of benzene rings is 1. The van der Waals surface area contributed by atoms with Gasteiger partial charge in [0.15, 0.2) is 0 Å². The van der Waals surface area contributed by atoms with Gasteiger partial charge in [0, 0.05) is 5.56 Å². The monoisotopic (exact) mass is 199 g/mol. The maximum absolute atomic E-state index is 11.2. The van der Waals surface area contributed by atoms with Crippen LogP contribution < -0.4 is 0 Å². The van der Waals surface area contributed by atoms with Crippen molar-refractivity contribution in [3.8, 4) is 5.75 Å². The first-order valence-corrected chi connectivity index (χ1v) is 5.44. The zero-order valence-corrected chi connectivity index (χ0v) is 8.33. The van der Waals surface area contributed by atoms with Crippen molar-refractivity contribution in [1.82, 2.24) is 0 Å². The van der Waals surface area contributed by atoms with E-state index in [1.54, 1.807) is 24.3 Å². The lowest BCUT2D eigenvalue weighted by molar-refractivity contribution is 0.350. The Kier molecular flexibility index (Phi) is 3.87. The third-order valence-corrected chi connectivity index (χ3v) is 2.69. The third kappa shape index (κ3) is 3.53. The summed E-state index contributed by atoms with van der Waals surface area (Å²) in [7, 11) is -1.60. The summed E-state index contributed by atoms with van der Waals surface area (Å²) in [6.07, 6.45) is 0.406. The highest BCUT2D eigenvalue weighted by molar-refractivity contribution is 7.38. The Morgan fingerprint density at radius 3 is 2.54 bits per heavy atom. The molecule has 1 aromatic carbocycles. The van der Waals surface area contributed by atoms with Crippen molar-refractivity contribution < 1.29 is 14.2 Å². The fourth-order valence-corrected chi connectivity index (χ4v) is 1.83. The van der Waals surface area contributed by atoms with Crippen molar-refractivity contribution in [2.24, 2.45) is 0 Å². The zero-order chi connectivity index (χ0) is 9.68. The highest BCUT2D eigenvalue weighted by atomic mass is 31.1. The van der Waals surface area contributed by atoms with Gasteiger partial charge in [-0.25, -0.2) is 0 Å². The summed E-state index contributed by atoms with van der Waals surface area (Å²) in [5, 5.41) is 8.99. The molecule has 0 aromatic heterocycles. The van der Waals surface area contributed by atoms with Crippen LogP contribution in [0.25, 0.3) is 0 Å². The van der Waals surface area contributed by atoms with E-state index in [0.29, 0.717) is 12.8 Å². The molecule has 1 N–H and O–H groups in total. The maximum Gasteiger partial charge on any atom is 0.512 e. The molecule has 0 aliphatic carbocycles. The molecule has 1 rings (SSSR count). The van der Waals surface area contributed by atoms with Gasteiger partial charge in [-0.3, -0.25) is 0 Å². The van der Waals surface area contributed by atoms with E-state index in [9.17, 15) is 4.57 Å². The van der Waals surface area contributed by atoms with Crippen molar-refractivity contribution in [3.63, 3.8) is 0 Å². The Labute approximate surface area is 78.2 Å². The largest absolute Gasteiger partial charge is 0.512 e. The first-order valence-electron chi connectivity index (χ1n) is 4.08. The minimum Gasteiger partial charge on any atom is -0.508 e. The van der Waals surface area contributed by atoms with Crippen LogP contribution in [0.15, 0.2) is 24.3 Å². The maximum atomic E-state index is 11.2. The molecule has 1 aromatic rings. The van der Waals surface area contributed by atoms with Crippen molar-refractivity contribution in [2.75, 3.05) is 6.61 Å². The van der Waals surface area contributed by atoms with Gasteiger partial charge in [0.05, 0.1) is 6.61 Å². The first kappa shape index (κ1) is 10.2. The summed E-state index contributed by atoms with van der Waals surface area (Å²) in [5.41, 5.74) is 0.910. The highest BCUT2D eigenvalue weighted by Crippen LogP contribution is 2.28. The minimum atomic E-state index is -1.60. The minimum absolute atomic E-state index is 0.218. The first-order chi connectivity index (χ1) is 6.22. The second kappa shape index (κ2) is 4.95. The highest BCUT2D eigenvalue weighted by Gasteiger charge is 2.16. The lowest BCUT2D eigenvalue weighted by atomic mass is 10.2. The molecule has 13 heavy (non-hydrogen) atoms. The molecule has 70 valence electrons. The van der Waals surface area contributed by atoms with E-state index in [0.717, 1.165) is 5.56 Å². The molecule has 4 heteroatoms. The quantitative estimate of drug-likeness (QED) is 0.758. The second-order valence-corrected chi connectivity index (χ2v) is 3.81. The number of rotatable bonds is 4. The molecule has 0 saturated carbocycles. The number of hydrogen-bond acceptors (Lipinski definition) is 3. The van der Waals surface area contributed by atoms with E-state index in [4.69, 9.17) is 9.63 Å². The summed E-state index contributed by atoms with van der Waals surface area (Å²) in [5.74, 6) is 0.218. The number of phenolic OH excluding ortho intramolecular Hbond substituents is 1. The van der Waals surface area contributed by atoms with Crippen LogP contribution in [0, 0.1) is 0 Å². The second-order valence-electron chi connectivity index (χ2n) is 2.58. The van der Waals surface area contributed by atoms with Gasteiger partial charge in [0.25, 0.3) is 0 Å². The van der Waals surface area contributed by atoms with Gasteiger partial charge in [-0.05, 0) is 23.6 Å². The van der Waals surface area contributed by atoms with Gasteiger partial charge in [-0.15, -0.1) is 4.52 Å². The van der Waals surface area contributed by atoms with E-state index >= 15 is 0 Å². The predicted molar refractivity (Wildman–Crippen MR) is 51.0 cm³/mol. The average Bonchev–Trinajstić information content (AvgIpc) is 2.09. The summed E-state index contributed by atoms with van der Waals surface area (Å²) in [4.78, 5) is 0. The molecule has 0 amide bonds. The third-order valence-electron chi connectivity index (χ3n) is 1.52. The van der Waals surface area contributed by atoms with Crippen LogP contribution in [-0.4, -0.2) is 11.7 Å². The molecule has 0 saturated heterocycles. The summed E-state index contributed by atoms with van der Waals surface area (Å²) in [6.45, 7) is 2.28. The van der Waals surface area contributed by atoms with Gasteiger partial charge in [-0.1, -0.05) is 12.1 Å². The van der Waals surface area contributed by atoms with Crippen molar-refractivity contribution >= 4 is 8.03 Å². The van der Waals surface area contributed by atoms with Crippen molar-refractivity contribution in [2.45, 2.75) is 13.1 Å². The van der Waals surface area contributed by atoms with Gasteiger partial charge < -0.3 is 5.11 Å². The van der Waals surface area contributed by atoms with Gasteiger partial charge >= 0.3 is 8.03 Å². The van der Waals surface area contributed by atoms with Crippen molar-refractivity contribution in [3.05, 3.63) is 29.8 Å². The molecule has 0 aliphatic rings. The number of aromatic hydroxyl groups is 1. The summed E-state index contributed by atoms with van der Waals surface area (Å²) in [6, 6.07) is 6.62.